The minimum atomic E-state index is -0.257. The number of amides is 1. The van der Waals surface area contributed by atoms with Crippen molar-refractivity contribution in [3.05, 3.63) is 47.1 Å². The Morgan fingerprint density at radius 2 is 1.76 bits per heavy atom. The molecule has 1 amide bonds. The predicted molar refractivity (Wildman–Crippen MR) is 86.1 cm³/mol. The number of thiophene rings is 1. The summed E-state index contributed by atoms with van der Waals surface area (Å²) in [6.07, 6.45) is 0. The SMILES string of the molecule is C[C@H](NC(=O)c1ccc(-c2ccc(F)cc2)s1)C(C)(C)C. The van der Waals surface area contributed by atoms with Crippen molar-refractivity contribution in [1.29, 1.82) is 0 Å². The van der Waals surface area contributed by atoms with E-state index >= 15 is 0 Å². The summed E-state index contributed by atoms with van der Waals surface area (Å²) in [6.45, 7) is 8.29. The summed E-state index contributed by atoms with van der Waals surface area (Å²) in [5.74, 6) is -0.317. The first-order valence-electron chi connectivity index (χ1n) is 6.94. The Hall–Kier alpha value is -1.68. The average molecular weight is 305 g/mol. The van der Waals surface area contributed by atoms with E-state index in [-0.39, 0.29) is 23.2 Å². The lowest BCUT2D eigenvalue weighted by molar-refractivity contribution is 0.0914. The largest absolute Gasteiger partial charge is 0.348 e. The number of hydrogen-bond donors (Lipinski definition) is 1. The van der Waals surface area contributed by atoms with Crippen molar-refractivity contribution >= 4 is 17.2 Å². The van der Waals surface area contributed by atoms with Gasteiger partial charge in [0.05, 0.1) is 4.88 Å². The van der Waals surface area contributed by atoms with Crippen molar-refractivity contribution in [3.8, 4) is 10.4 Å². The molecule has 1 aromatic carbocycles. The second kappa shape index (κ2) is 5.98. The van der Waals surface area contributed by atoms with Crippen LogP contribution >= 0.6 is 11.3 Å². The molecule has 1 heterocycles. The zero-order valence-corrected chi connectivity index (χ0v) is 13.6. The summed E-state index contributed by atoms with van der Waals surface area (Å²) in [5.41, 5.74) is 0.941. The summed E-state index contributed by atoms with van der Waals surface area (Å²) in [7, 11) is 0. The maximum atomic E-state index is 12.9. The van der Waals surface area contributed by atoms with Gasteiger partial charge in [-0.3, -0.25) is 4.79 Å². The van der Waals surface area contributed by atoms with Crippen molar-refractivity contribution in [3.63, 3.8) is 0 Å². The molecule has 2 nitrogen and oxygen atoms in total. The molecule has 0 saturated carbocycles. The van der Waals surface area contributed by atoms with Gasteiger partial charge in [-0.2, -0.15) is 0 Å². The minimum absolute atomic E-state index is 0.0205. The van der Waals surface area contributed by atoms with E-state index in [1.54, 1.807) is 12.1 Å². The lowest BCUT2D eigenvalue weighted by atomic mass is 9.88. The maximum Gasteiger partial charge on any atom is 0.261 e. The van der Waals surface area contributed by atoms with Crippen LogP contribution in [-0.4, -0.2) is 11.9 Å². The molecule has 21 heavy (non-hydrogen) atoms. The average Bonchev–Trinajstić information content (AvgIpc) is 2.88. The van der Waals surface area contributed by atoms with Crippen LogP contribution in [0, 0.1) is 11.2 Å². The zero-order chi connectivity index (χ0) is 15.6. The molecule has 4 heteroatoms. The summed E-state index contributed by atoms with van der Waals surface area (Å²) in [4.78, 5) is 13.9. The topological polar surface area (TPSA) is 29.1 Å². The first-order valence-corrected chi connectivity index (χ1v) is 7.75. The normalized spacial score (nSPS) is 13.0. The molecule has 2 rings (SSSR count). The quantitative estimate of drug-likeness (QED) is 0.873. The monoisotopic (exact) mass is 305 g/mol. The van der Waals surface area contributed by atoms with Crippen LogP contribution in [0.1, 0.15) is 37.4 Å². The van der Waals surface area contributed by atoms with Crippen molar-refractivity contribution < 1.29 is 9.18 Å². The van der Waals surface area contributed by atoms with Crippen LogP contribution in [0.5, 0.6) is 0 Å². The van der Waals surface area contributed by atoms with Crippen molar-refractivity contribution in [2.45, 2.75) is 33.7 Å². The van der Waals surface area contributed by atoms with Gasteiger partial charge in [0.25, 0.3) is 5.91 Å². The lowest BCUT2D eigenvalue weighted by Crippen LogP contribution is -2.41. The molecule has 0 aliphatic carbocycles. The van der Waals surface area contributed by atoms with E-state index in [0.29, 0.717) is 4.88 Å². The van der Waals surface area contributed by atoms with Gasteiger partial charge in [0.2, 0.25) is 0 Å². The van der Waals surface area contributed by atoms with Crippen molar-refractivity contribution in [1.82, 2.24) is 5.32 Å². The van der Waals surface area contributed by atoms with Crippen LogP contribution in [-0.2, 0) is 0 Å². The summed E-state index contributed by atoms with van der Waals surface area (Å²) >= 11 is 1.42. The lowest BCUT2D eigenvalue weighted by Gasteiger charge is -2.27. The standard InChI is InChI=1S/C17H20FNOS/c1-11(17(2,3)4)19-16(20)15-10-9-14(21-15)12-5-7-13(18)8-6-12/h5-11H,1-4H3,(H,19,20)/t11-/m0/s1. The Kier molecular flexibility index (Phi) is 4.47. The van der Waals surface area contributed by atoms with Gasteiger partial charge in [-0.1, -0.05) is 32.9 Å². The van der Waals surface area contributed by atoms with Crippen LogP contribution in [0.4, 0.5) is 4.39 Å². The number of carbonyl (C=O) groups is 1. The first-order chi connectivity index (χ1) is 9.77. The van der Waals surface area contributed by atoms with Gasteiger partial charge in [-0.25, -0.2) is 4.39 Å². The highest BCUT2D eigenvalue weighted by molar-refractivity contribution is 7.17. The fourth-order valence-electron chi connectivity index (χ4n) is 1.71. The van der Waals surface area contributed by atoms with Crippen molar-refractivity contribution in [2.24, 2.45) is 5.41 Å². The summed E-state index contributed by atoms with van der Waals surface area (Å²) in [5, 5.41) is 3.02. The second-order valence-electron chi connectivity index (χ2n) is 6.23. The third-order valence-electron chi connectivity index (χ3n) is 3.61. The second-order valence-corrected chi connectivity index (χ2v) is 7.32. The Balaban J connectivity index is 2.13. The molecule has 0 radical (unpaired) electrons. The van der Waals surface area contributed by atoms with E-state index in [4.69, 9.17) is 0 Å². The molecule has 1 N–H and O–H groups in total. The smallest absolute Gasteiger partial charge is 0.261 e. The molecule has 0 fully saturated rings. The maximum absolute atomic E-state index is 12.9. The van der Waals surface area contributed by atoms with Crippen LogP contribution in [0.15, 0.2) is 36.4 Å². The van der Waals surface area contributed by atoms with Crippen LogP contribution in [0.25, 0.3) is 10.4 Å². The fourth-order valence-corrected chi connectivity index (χ4v) is 2.63. The Bertz CT molecular complexity index is 625. The number of carbonyl (C=O) groups excluding carboxylic acids is 1. The fraction of sp³-hybridized carbons (Fsp3) is 0.353. The van der Waals surface area contributed by atoms with Gasteiger partial charge >= 0.3 is 0 Å². The third kappa shape index (κ3) is 3.91. The molecule has 1 atom stereocenters. The summed E-state index contributed by atoms with van der Waals surface area (Å²) in [6, 6.07) is 10.1. The predicted octanol–water partition coefficient (Wildman–Crippen LogP) is 4.72. The van der Waals surface area contributed by atoms with E-state index in [0.717, 1.165) is 10.4 Å². The number of rotatable bonds is 3. The van der Waals surface area contributed by atoms with Gasteiger partial charge in [0.15, 0.2) is 0 Å². The Morgan fingerprint density at radius 3 is 2.33 bits per heavy atom. The number of nitrogens with one attached hydrogen (secondary N) is 1. The van der Waals surface area contributed by atoms with Gasteiger partial charge < -0.3 is 5.32 Å². The molecule has 0 aliphatic rings. The molecule has 2 aromatic rings. The van der Waals surface area contributed by atoms with E-state index in [1.807, 2.05) is 19.1 Å². The number of benzene rings is 1. The van der Waals surface area contributed by atoms with Crippen LogP contribution in [0.3, 0.4) is 0 Å². The molecule has 0 spiro atoms. The molecule has 0 unspecified atom stereocenters. The molecular weight excluding hydrogens is 285 g/mol. The van der Waals surface area contributed by atoms with Gasteiger partial charge in [0.1, 0.15) is 5.82 Å². The number of halogens is 1. The van der Waals surface area contributed by atoms with Crippen LogP contribution < -0.4 is 5.32 Å². The molecule has 1 aromatic heterocycles. The summed E-state index contributed by atoms with van der Waals surface area (Å²) < 4.78 is 12.9. The molecule has 0 aliphatic heterocycles. The van der Waals surface area contributed by atoms with Gasteiger partial charge in [-0.15, -0.1) is 11.3 Å². The van der Waals surface area contributed by atoms with E-state index < -0.39 is 0 Å². The zero-order valence-electron chi connectivity index (χ0n) is 12.7. The third-order valence-corrected chi connectivity index (χ3v) is 4.74. The van der Waals surface area contributed by atoms with Gasteiger partial charge in [0, 0.05) is 10.9 Å². The van der Waals surface area contributed by atoms with Crippen LogP contribution in [0.2, 0.25) is 0 Å². The van der Waals surface area contributed by atoms with Gasteiger partial charge in [-0.05, 0) is 42.2 Å². The highest BCUT2D eigenvalue weighted by Gasteiger charge is 2.22. The Morgan fingerprint density at radius 1 is 1.14 bits per heavy atom. The van der Waals surface area contributed by atoms with Crippen molar-refractivity contribution in [2.75, 3.05) is 0 Å². The molecular formula is C17H20FNOS. The van der Waals surface area contributed by atoms with E-state index in [1.165, 1.54) is 23.5 Å². The molecule has 0 bridgehead atoms. The van der Waals surface area contributed by atoms with E-state index in [2.05, 4.69) is 26.1 Å². The van der Waals surface area contributed by atoms with E-state index in [9.17, 15) is 9.18 Å². The molecule has 112 valence electrons. The first kappa shape index (κ1) is 15.7. The number of hydrogen-bond acceptors (Lipinski definition) is 2. The highest BCUT2D eigenvalue weighted by Crippen LogP contribution is 2.28. The minimum Gasteiger partial charge on any atom is -0.348 e. The Labute approximate surface area is 129 Å². The highest BCUT2D eigenvalue weighted by atomic mass is 32.1. The molecule has 0 saturated heterocycles.